The average molecular weight is 418 g/mol. The lowest BCUT2D eigenvalue weighted by molar-refractivity contribution is -0.152. The number of rotatable bonds is 7. The summed E-state index contributed by atoms with van der Waals surface area (Å²) in [6, 6.07) is 7.90. The molecule has 8 heteroatoms. The predicted molar refractivity (Wildman–Crippen MR) is 112 cm³/mol. The van der Waals surface area contributed by atoms with E-state index in [4.69, 9.17) is 4.74 Å². The third kappa shape index (κ3) is 5.53. The van der Waals surface area contributed by atoms with Gasteiger partial charge >= 0.3 is 5.97 Å². The molecular formula is C21H27N3O4S. The Balaban J connectivity index is 1.48. The first-order valence-corrected chi connectivity index (χ1v) is 10.8. The molecule has 0 N–H and O–H groups in total. The monoisotopic (exact) mass is 417 g/mol. The van der Waals surface area contributed by atoms with Crippen molar-refractivity contribution in [3.05, 3.63) is 29.3 Å². The molecule has 2 aromatic rings. The van der Waals surface area contributed by atoms with Gasteiger partial charge in [0.05, 0.1) is 34.3 Å². The molecule has 0 aliphatic carbocycles. The Labute approximate surface area is 174 Å². The highest BCUT2D eigenvalue weighted by Crippen LogP contribution is 2.22. The molecule has 1 aromatic carbocycles. The van der Waals surface area contributed by atoms with Gasteiger partial charge in [-0.2, -0.15) is 0 Å². The quantitative estimate of drug-likeness (QED) is 0.647. The fraction of sp³-hybridized carbons (Fsp3) is 0.524. The largest absolute Gasteiger partial charge is 0.466 e. The second-order valence-corrected chi connectivity index (χ2v) is 8.37. The van der Waals surface area contributed by atoms with Gasteiger partial charge in [-0.1, -0.05) is 12.1 Å². The van der Waals surface area contributed by atoms with Gasteiger partial charge in [0.2, 0.25) is 11.8 Å². The lowest BCUT2D eigenvalue weighted by Crippen LogP contribution is -2.47. The summed E-state index contributed by atoms with van der Waals surface area (Å²) in [6.07, 6.45) is 2.38. The number of hydrogen-bond donors (Lipinski definition) is 0. The van der Waals surface area contributed by atoms with Crippen LogP contribution in [0.5, 0.6) is 0 Å². The minimum Gasteiger partial charge on any atom is -0.466 e. The Hall–Kier alpha value is -2.48. The number of hydrogen-bond acceptors (Lipinski definition) is 6. The third-order valence-electron chi connectivity index (χ3n) is 5.08. The Morgan fingerprint density at radius 3 is 2.86 bits per heavy atom. The fourth-order valence-electron chi connectivity index (χ4n) is 3.48. The number of nitrogens with zero attached hydrogens (tertiary/aromatic N) is 3. The van der Waals surface area contributed by atoms with Crippen molar-refractivity contribution in [3.8, 4) is 0 Å². The van der Waals surface area contributed by atoms with Gasteiger partial charge in [-0.15, -0.1) is 11.3 Å². The van der Waals surface area contributed by atoms with Crippen LogP contribution < -0.4 is 0 Å². The zero-order chi connectivity index (χ0) is 20.8. The molecular weight excluding hydrogens is 390 g/mol. The molecule has 0 radical (unpaired) electrons. The Morgan fingerprint density at radius 2 is 2.10 bits per heavy atom. The molecule has 2 heterocycles. The van der Waals surface area contributed by atoms with Crippen LogP contribution in [0.3, 0.4) is 0 Å². The van der Waals surface area contributed by atoms with Crippen molar-refractivity contribution in [1.82, 2.24) is 14.8 Å². The lowest BCUT2D eigenvalue weighted by atomic mass is 9.98. The molecule has 2 amide bonds. The molecule has 0 bridgehead atoms. The van der Waals surface area contributed by atoms with E-state index in [0.717, 1.165) is 28.1 Å². The summed E-state index contributed by atoms with van der Waals surface area (Å²) in [5, 5.41) is 0.924. The number of amides is 2. The van der Waals surface area contributed by atoms with Crippen LogP contribution >= 0.6 is 11.3 Å². The number of likely N-dealkylation sites (N-methyl/N-ethyl adjacent to an activating group) is 1. The number of para-hydroxylation sites is 1. The number of carbonyl (C=O) groups excluding carboxylic acids is 3. The van der Waals surface area contributed by atoms with Crippen molar-refractivity contribution in [2.45, 2.75) is 32.6 Å². The fourth-order valence-corrected chi connectivity index (χ4v) is 4.45. The average Bonchev–Trinajstić information content (AvgIpc) is 3.15. The van der Waals surface area contributed by atoms with Crippen molar-refractivity contribution >= 4 is 39.3 Å². The first-order valence-electron chi connectivity index (χ1n) is 10.0. The normalized spacial score (nSPS) is 16.6. The Morgan fingerprint density at radius 1 is 1.31 bits per heavy atom. The molecule has 0 spiro atoms. The summed E-state index contributed by atoms with van der Waals surface area (Å²) in [5.74, 6) is -0.732. The number of aromatic nitrogens is 1. The van der Waals surface area contributed by atoms with E-state index in [9.17, 15) is 14.4 Å². The summed E-state index contributed by atoms with van der Waals surface area (Å²) in [6.45, 7) is 3.12. The van der Waals surface area contributed by atoms with Gasteiger partial charge in [0.25, 0.3) is 0 Å². The zero-order valence-corrected chi connectivity index (χ0v) is 17.7. The minimum atomic E-state index is -0.271. The Kier molecular flexibility index (Phi) is 7.19. The van der Waals surface area contributed by atoms with Gasteiger partial charge in [-0.25, -0.2) is 4.98 Å². The summed E-state index contributed by atoms with van der Waals surface area (Å²) in [7, 11) is 1.64. The van der Waals surface area contributed by atoms with E-state index in [1.165, 1.54) is 4.90 Å². The molecule has 7 nitrogen and oxygen atoms in total. The second kappa shape index (κ2) is 9.82. The van der Waals surface area contributed by atoms with Crippen LogP contribution in [0.4, 0.5) is 0 Å². The number of piperidine rings is 1. The van der Waals surface area contributed by atoms with Crippen molar-refractivity contribution in [2.24, 2.45) is 5.92 Å². The van der Waals surface area contributed by atoms with E-state index in [2.05, 4.69) is 4.98 Å². The van der Waals surface area contributed by atoms with Crippen molar-refractivity contribution in [2.75, 3.05) is 33.3 Å². The maximum Gasteiger partial charge on any atom is 0.310 e. The molecule has 156 valence electrons. The topological polar surface area (TPSA) is 79.8 Å². The molecule has 0 saturated carbocycles. The summed E-state index contributed by atoms with van der Waals surface area (Å²) in [4.78, 5) is 44.7. The van der Waals surface area contributed by atoms with Crippen LogP contribution in [0.2, 0.25) is 0 Å². The molecule has 1 aromatic heterocycles. The molecule has 1 atom stereocenters. The van der Waals surface area contributed by atoms with Gasteiger partial charge in [0, 0.05) is 33.0 Å². The number of carbonyl (C=O) groups is 3. The van der Waals surface area contributed by atoms with Crippen molar-refractivity contribution in [3.63, 3.8) is 0 Å². The van der Waals surface area contributed by atoms with Crippen LogP contribution in [0.15, 0.2) is 24.3 Å². The number of esters is 1. The van der Waals surface area contributed by atoms with E-state index in [1.807, 2.05) is 24.3 Å². The van der Waals surface area contributed by atoms with Gasteiger partial charge in [0.1, 0.15) is 0 Å². The number of fused-ring (bicyclic) bond motifs is 1. The molecule has 1 unspecified atom stereocenters. The maximum atomic E-state index is 12.6. The van der Waals surface area contributed by atoms with Gasteiger partial charge in [0.15, 0.2) is 0 Å². The maximum absolute atomic E-state index is 12.6. The zero-order valence-electron chi connectivity index (χ0n) is 16.9. The Bertz CT molecular complexity index is 849. The van der Waals surface area contributed by atoms with Gasteiger partial charge < -0.3 is 14.5 Å². The van der Waals surface area contributed by atoms with E-state index < -0.39 is 0 Å². The highest BCUT2D eigenvalue weighted by atomic mass is 32.1. The van der Waals surface area contributed by atoms with E-state index in [-0.39, 0.29) is 30.2 Å². The molecule has 1 aliphatic rings. The van der Waals surface area contributed by atoms with Gasteiger partial charge in [-0.05, 0) is 31.9 Å². The number of ether oxygens (including phenoxy) is 1. The van der Waals surface area contributed by atoms with Gasteiger partial charge in [-0.3, -0.25) is 14.4 Å². The summed E-state index contributed by atoms with van der Waals surface area (Å²) in [5.41, 5.74) is 0.949. The van der Waals surface area contributed by atoms with E-state index >= 15 is 0 Å². The predicted octanol–water partition coefficient (Wildman–Crippen LogP) is 2.49. The molecule has 3 rings (SSSR count). The van der Waals surface area contributed by atoms with E-state index in [1.54, 1.807) is 30.2 Å². The highest BCUT2D eigenvalue weighted by molar-refractivity contribution is 7.18. The van der Waals surface area contributed by atoms with Crippen LogP contribution in [-0.4, -0.2) is 65.9 Å². The summed E-state index contributed by atoms with van der Waals surface area (Å²) >= 11 is 1.59. The lowest BCUT2D eigenvalue weighted by Gasteiger charge is -2.32. The summed E-state index contributed by atoms with van der Waals surface area (Å²) < 4.78 is 6.19. The van der Waals surface area contributed by atoms with Crippen molar-refractivity contribution in [1.29, 1.82) is 0 Å². The van der Waals surface area contributed by atoms with Crippen LogP contribution in [0.1, 0.15) is 31.2 Å². The number of aryl methyl sites for hydroxylation is 1. The van der Waals surface area contributed by atoms with Crippen LogP contribution in [0, 0.1) is 5.92 Å². The van der Waals surface area contributed by atoms with Crippen molar-refractivity contribution < 1.29 is 19.1 Å². The highest BCUT2D eigenvalue weighted by Gasteiger charge is 2.30. The number of benzene rings is 1. The third-order valence-corrected chi connectivity index (χ3v) is 6.18. The smallest absolute Gasteiger partial charge is 0.310 e. The molecule has 1 fully saturated rings. The first-order chi connectivity index (χ1) is 14.0. The minimum absolute atomic E-state index is 0.0220. The SMILES string of the molecule is CCOC(=O)C1CCCN(C(=O)CN(C)C(=O)CCc2nc3ccccc3s2)C1. The van der Waals surface area contributed by atoms with Crippen LogP contribution in [-0.2, 0) is 25.5 Å². The number of likely N-dealkylation sites (tertiary alicyclic amines) is 1. The second-order valence-electron chi connectivity index (χ2n) is 7.26. The number of thiazole rings is 1. The standard InChI is InChI=1S/C21H27N3O4S/c1-3-28-21(27)15-7-6-12-24(13-15)20(26)14-23(2)19(25)11-10-18-22-16-8-4-5-9-17(16)29-18/h4-5,8-9,15H,3,6-7,10-14H2,1-2H3. The van der Waals surface area contributed by atoms with E-state index in [0.29, 0.717) is 32.5 Å². The molecule has 1 saturated heterocycles. The first kappa shape index (κ1) is 21.2. The van der Waals surface area contributed by atoms with Crippen LogP contribution in [0.25, 0.3) is 10.2 Å². The molecule has 29 heavy (non-hydrogen) atoms. The molecule has 1 aliphatic heterocycles.